The summed E-state index contributed by atoms with van der Waals surface area (Å²) in [6.45, 7) is 0.569. The van der Waals surface area contributed by atoms with Gasteiger partial charge in [-0.15, -0.1) is 0 Å². The minimum absolute atomic E-state index is 0.131. The van der Waals surface area contributed by atoms with Gasteiger partial charge in [-0.05, 0) is 6.42 Å². The lowest BCUT2D eigenvalue weighted by molar-refractivity contribution is -0.151. The average Bonchev–Trinajstić information content (AvgIpc) is 2.16. The zero-order valence-corrected chi connectivity index (χ0v) is 8.36. The van der Waals surface area contributed by atoms with Gasteiger partial charge in [-0.3, -0.25) is 14.5 Å². The third kappa shape index (κ3) is 2.30. The van der Waals surface area contributed by atoms with Crippen molar-refractivity contribution in [3.63, 3.8) is 0 Å². The number of imide groups is 1. The minimum atomic E-state index is -0.305. The molecule has 0 aromatic heterocycles. The first-order chi connectivity index (χ1) is 6.70. The summed E-state index contributed by atoms with van der Waals surface area (Å²) in [6.07, 6.45) is 1.52. The molecule has 1 fully saturated rings. The predicted octanol–water partition coefficient (Wildman–Crippen LogP) is -0.501. The van der Waals surface area contributed by atoms with Crippen LogP contribution in [0.2, 0.25) is 0 Å². The first-order valence-corrected chi connectivity index (χ1v) is 4.74. The molecule has 2 amide bonds. The lowest BCUT2D eigenvalue weighted by atomic mass is 10.1. The van der Waals surface area contributed by atoms with Crippen LogP contribution in [0.3, 0.4) is 0 Å². The monoisotopic (exact) mass is 200 g/mol. The molecule has 80 valence electrons. The maximum atomic E-state index is 11.5. The Hall–Kier alpha value is -0.940. The molecular weight excluding hydrogens is 184 g/mol. The number of likely N-dealkylation sites (tertiary alicyclic amines) is 1. The van der Waals surface area contributed by atoms with Gasteiger partial charge in [0.25, 0.3) is 0 Å². The number of rotatable bonds is 4. The van der Waals surface area contributed by atoms with E-state index < -0.39 is 0 Å². The van der Waals surface area contributed by atoms with Crippen molar-refractivity contribution in [2.75, 3.05) is 20.3 Å². The number of methoxy groups -OCH3 is 1. The number of carbonyl (C=O) groups is 2. The van der Waals surface area contributed by atoms with Crippen molar-refractivity contribution >= 4 is 11.8 Å². The Morgan fingerprint density at radius 2 is 2.00 bits per heavy atom. The molecule has 1 saturated heterocycles. The van der Waals surface area contributed by atoms with Crippen LogP contribution in [0.4, 0.5) is 0 Å². The van der Waals surface area contributed by atoms with Gasteiger partial charge in [0.15, 0.2) is 0 Å². The van der Waals surface area contributed by atoms with Gasteiger partial charge in [0.05, 0.1) is 12.6 Å². The highest BCUT2D eigenvalue weighted by atomic mass is 16.5. The second kappa shape index (κ2) is 5.07. The van der Waals surface area contributed by atoms with Crippen molar-refractivity contribution in [3.05, 3.63) is 0 Å². The number of nitrogens with zero attached hydrogens (tertiary/aromatic N) is 1. The van der Waals surface area contributed by atoms with Crippen LogP contribution in [0, 0.1) is 0 Å². The van der Waals surface area contributed by atoms with Crippen molar-refractivity contribution in [1.82, 2.24) is 4.90 Å². The Balaban J connectivity index is 2.69. The van der Waals surface area contributed by atoms with Gasteiger partial charge in [-0.25, -0.2) is 0 Å². The maximum absolute atomic E-state index is 11.5. The molecule has 0 aromatic rings. The Morgan fingerprint density at radius 1 is 1.43 bits per heavy atom. The third-order valence-electron chi connectivity index (χ3n) is 2.31. The summed E-state index contributed by atoms with van der Waals surface area (Å²) >= 11 is 0. The highest BCUT2D eigenvalue weighted by Crippen LogP contribution is 2.15. The molecule has 0 aliphatic carbocycles. The lowest BCUT2D eigenvalue weighted by Gasteiger charge is -2.31. The smallest absolute Gasteiger partial charge is 0.229 e. The van der Waals surface area contributed by atoms with E-state index in [4.69, 9.17) is 10.5 Å². The second-order valence-corrected chi connectivity index (χ2v) is 3.36. The normalized spacial score (nSPS) is 20.0. The quantitative estimate of drug-likeness (QED) is 0.621. The summed E-state index contributed by atoms with van der Waals surface area (Å²) in [5, 5.41) is 0. The summed E-state index contributed by atoms with van der Waals surface area (Å²) in [5.41, 5.74) is 5.49. The van der Waals surface area contributed by atoms with Crippen LogP contribution < -0.4 is 5.73 Å². The van der Waals surface area contributed by atoms with E-state index in [1.165, 1.54) is 12.0 Å². The van der Waals surface area contributed by atoms with E-state index in [9.17, 15) is 9.59 Å². The molecule has 0 saturated carbocycles. The Morgan fingerprint density at radius 3 is 2.43 bits per heavy atom. The number of ether oxygens (including phenoxy) is 1. The molecule has 1 aliphatic rings. The fourth-order valence-corrected chi connectivity index (χ4v) is 1.62. The predicted molar refractivity (Wildman–Crippen MR) is 50.4 cm³/mol. The van der Waals surface area contributed by atoms with Gasteiger partial charge in [-0.2, -0.15) is 0 Å². The lowest BCUT2D eigenvalue weighted by Crippen LogP contribution is -2.52. The van der Waals surface area contributed by atoms with Crippen LogP contribution in [0.5, 0.6) is 0 Å². The van der Waals surface area contributed by atoms with Crippen LogP contribution in [-0.4, -0.2) is 43.0 Å². The van der Waals surface area contributed by atoms with Gasteiger partial charge in [-0.1, -0.05) is 0 Å². The standard InChI is InChI=1S/C9H16N2O3/c1-14-6-7(5-10)11-8(12)3-2-4-9(11)13/h7H,2-6,10H2,1H3. The van der Waals surface area contributed by atoms with Gasteiger partial charge >= 0.3 is 0 Å². The molecule has 5 nitrogen and oxygen atoms in total. The highest BCUT2D eigenvalue weighted by Gasteiger charge is 2.31. The molecule has 1 unspecified atom stereocenters. The molecule has 14 heavy (non-hydrogen) atoms. The Bertz CT molecular complexity index is 214. The number of hydrogen-bond donors (Lipinski definition) is 1. The third-order valence-corrected chi connectivity index (χ3v) is 2.31. The van der Waals surface area contributed by atoms with Crippen LogP contribution in [0.25, 0.3) is 0 Å². The van der Waals surface area contributed by atoms with E-state index in [0.717, 1.165) is 0 Å². The summed E-state index contributed by atoms with van der Waals surface area (Å²) in [6, 6.07) is -0.305. The number of amides is 2. The molecule has 0 spiro atoms. The van der Waals surface area contributed by atoms with Crippen molar-refractivity contribution in [2.45, 2.75) is 25.3 Å². The highest BCUT2D eigenvalue weighted by molar-refractivity contribution is 5.97. The van der Waals surface area contributed by atoms with Gasteiger partial charge in [0, 0.05) is 26.5 Å². The van der Waals surface area contributed by atoms with Crippen molar-refractivity contribution in [3.8, 4) is 0 Å². The van der Waals surface area contributed by atoms with Crippen LogP contribution in [-0.2, 0) is 14.3 Å². The largest absolute Gasteiger partial charge is 0.382 e. The zero-order valence-electron chi connectivity index (χ0n) is 8.36. The average molecular weight is 200 g/mol. The fourth-order valence-electron chi connectivity index (χ4n) is 1.62. The van der Waals surface area contributed by atoms with Crippen molar-refractivity contribution in [2.24, 2.45) is 5.73 Å². The molecular formula is C9H16N2O3. The first-order valence-electron chi connectivity index (χ1n) is 4.74. The SMILES string of the molecule is COCC(CN)N1C(=O)CCCC1=O. The van der Waals surface area contributed by atoms with Crippen molar-refractivity contribution in [1.29, 1.82) is 0 Å². The van der Waals surface area contributed by atoms with E-state index in [0.29, 0.717) is 25.9 Å². The minimum Gasteiger partial charge on any atom is -0.382 e. The van der Waals surface area contributed by atoms with Crippen LogP contribution >= 0.6 is 0 Å². The molecule has 1 rings (SSSR count). The van der Waals surface area contributed by atoms with Gasteiger partial charge < -0.3 is 10.5 Å². The summed E-state index contributed by atoms with van der Waals surface area (Å²) < 4.78 is 4.92. The summed E-state index contributed by atoms with van der Waals surface area (Å²) in [5.74, 6) is -0.262. The molecule has 1 heterocycles. The molecule has 0 aromatic carbocycles. The van der Waals surface area contributed by atoms with E-state index in [-0.39, 0.29) is 24.4 Å². The van der Waals surface area contributed by atoms with Crippen LogP contribution in [0.15, 0.2) is 0 Å². The number of carbonyl (C=O) groups excluding carboxylic acids is 2. The van der Waals surface area contributed by atoms with Crippen molar-refractivity contribution < 1.29 is 14.3 Å². The molecule has 5 heteroatoms. The van der Waals surface area contributed by atoms with E-state index >= 15 is 0 Å². The second-order valence-electron chi connectivity index (χ2n) is 3.36. The number of hydrogen-bond acceptors (Lipinski definition) is 4. The molecule has 1 aliphatic heterocycles. The fraction of sp³-hybridized carbons (Fsp3) is 0.778. The molecule has 0 radical (unpaired) electrons. The summed E-state index contributed by atoms with van der Waals surface area (Å²) in [7, 11) is 1.53. The zero-order chi connectivity index (χ0) is 10.6. The number of piperidine rings is 1. The van der Waals surface area contributed by atoms with E-state index in [2.05, 4.69) is 0 Å². The first kappa shape index (κ1) is 11.1. The van der Waals surface area contributed by atoms with E-state index in [1.807, 2.05) is 0 Å². The maximum Gasteiger partial charge on any atom is 0.229 e. The molecule has 2 N–H and O–H groups in total. The van der Waals surface area contributed by atoms with Gasteiger partial charge in [0.2, 0.25) is 11.8 Å². The number of nitrogens with two attached hydrogens (primary N) is 1. The van der Waals surface area contributed by atoms with Gasteiger partial charge in [0.1, 0.15) is 0 Å². The molecule has 1 atom stereocenters. The van der Waals surface area contributed by atoms with Crippen LogP contribution in [0.1, 0.15) is 19.3 Å². The topological polar surface area (TPSA) is 72.6 Å². The summed E-state index contributed by atoms with van der Waals surface area (Å²) in [4.78, 5) is 24.2. The van der Waals surface area contributed by atoms with E-state index in [1.54, 1.807) is 0 Å². The Kier molecular flexibility index (Phi) is 4.03. The Labute approximate surface area is 83.2 Å². The molecule has 0 bridgehead atoms.